The van der Waals surface area contributed by atoms with E-state index in [1.54, 1.807) is 6.08 Å². The van der Waals surface area contributed by atoms with Gasteiger partial charge >= 0.3 is 0 Å². The molecule has 0 bridgehead atoms. The van der Waals surface area contributed by atoms with Gasteiger partial charge in [0.2, 0.25) is 0 Å². The second-order valence-corrected chi connectivity index (χ2v) is 6.10. The van der Waals surface area contributed by atoms with Crippen molar-refractivity contribution in [1.82, 2.24) is 0 Å². The number of benzene rings is 2. The van der Waals surface area contributed by atoms with E-state index in [1.165, 1.54) is 0 Å². The normalized spacial score (nSPS) is 26.8. The molecule has 0 aromatic heterocycles. The molecule has 0 spiro atoms. The van der Waals surface area contributed by atoms with Gasteiger partial charge in [-0.1, -0.05) is 79.7 Å². The SMILES string of the molecule is CCC1(O)C=CC(c2ccccc2)(c2ccccc2)CC1O. The van der Waals surface area contributed by atoms with Gasteiger partial charge in [0.25, 0.3) is 0 Å². The number of hydrogen-bond donors (Lipinski definition) is 2. The van der Waals surface area contributed by atoms with Crippen molar-refractivity contribution in [2.24, 2.45) is 0 Å². The van der Waals surface area contributed by atoms with Crippen molar-refractivity contribution in [3.63, 3.8) is 0 Å². The van der Waals surface area contributed by atoms with Crippen LogP contribution in [-0.2, 0) is 5.41 Å². The van der Waals surface area contributed by atoms with Crippen LogP contribution in [0.25, 0.3) is 0 Å². The highest BCUT2D eigenvalue weighted by Gasteiger charge is 2.44. The molecule has 0 amide bonds. The fourth-order valence-electron chi connectivity index (χ4n) is 3.37. The zero-order valence-electron chi connectivity index (χ0n) is 12.8. The number of rotatable bonds is 3. The van der Waals surface area contributed by atoms with Gasteiger partial charge in [0.15, 0.2) is 0 Å². The van der Waals surface area contributed by atoms with Crippen LogP contribution < -0.4 is 0 Å². The quantitative estimate of drug-likeness (QED) is 0.851. The fraction of sp³-hybridized carbons (Fsp3) is 0.300. The Morgan fingerprint density at radius 1 is 0.909 bits per heavy atom. The van der Waals surface area contributed by atoms with E-state index in [1.807, 2.05) is 43.3 Å². The first-order valence-electron chi connectivity index (χ1n) is 7.82. The van der Waals surface area contributed by atoms with Crippen LogP contribution in [0.2, 0.25) is 0 Å². The van der Waals surface area contributed by atoms with Crippen molar-refractivity contribution in [1.29, 1.82) is 0 Å². The molecular formula is C20H22O2. The molecule has 22 heavy (non-hydrogen) atoms. The molecule has 2 aromatic carbocycles. The lowest BCUT2D eigenvalue weighted by Gasteiger charge is -2.43. The van der Waals surface area contributed by atoms with Gasteiger partial charge in [-0.05, 0) is 24.0 Å². The van der Waals surface area contributed by atoms with Crippen LogP contribution in [0.15, 0.2) is 72.8 Å². The second kappa shape index (κ2) is 5.71. The third-order valence-corrected chi connectivity index (χ3v) is 4.89. The maximum atomic E-state index is 10.6. The van der Waals surface area contributed by atoms with Crippen LogP contribution in [0.1, 0.15) is 30.9 Å². The Hall–Kier alpha value is -1.90. The van der Waals surface area contributed by atoms with E-state index < -0.39 is 17.1 Å². The Morgan fingerprint density at radius 2 is 1.41 bits per heavy atom. The van der Waals surface area contributed by atoms with Gasteiger partial charge in [-0.15, -0.1) is 0 Å². The van der Waals surface area contributed by atoms with E-state index in [2.05, 4.69) is 30.3 Å². The van der Waals surface area contributed by atoms with E-state index in [4.69, 9.17) is 0 Å². The molecule has 0 saturated heterocycles. The maximum absolute atomic E-state index is 10.6. The summed E-state index contributed by atoms with van der Waals surface area (Å²) >= 11 is 0. The van der Waals surface area contributed by atoms with Gasteiger partial charge < -0.3 is 10.2 Å². The van der Waals surface area contributed by atoms with Crippen molar-refractivity contribution in [2.75, 3.05) is 0 Å². The minimum Gasteiger partial charge on any atom is -0.390 e. The summed E-state index contributed by atoms with van der Waals surface area (Å²) < 4.78 is 0. The molecular weight excluding hydrogens is 272 g/mol. The highest BCUT2D eigenvalue weighted by Crippen LogP contribution is 2.44. The Labute approximate surface area is 131 Å². The first kappa shape index (κ1) is 15.0. The molecule has 0 fully saturated rings. The molecule has 0 saturated carbocycles. The van der Waals surface area contributed by atoms with Crippen molar-refractivity contribution in [2.45, 2.75) is 36.9 Å². The van der Waals surface area contributed by atoms with E-state index in [9.17, 15) is 10.2 Å². The molecule has 1 aliphatic rings. The molecule has 2 nitrogen and oxygen atoms in total. The summed E-state index contributed by atoms with van der Waals surface area (Å²) in [5, 5.41) is 21.1. The molecule has 3 rings (SSSR count). The second-order valence-electron chi connectivity index (χ2n) is 6.10. The first-order valence-corrected chi connectivity index (χ1v) is 7.82. The summed E-state index contributed by atoms with van der Waals surface area (Å²) in [5.41, 5.74) is 0.737. The lowest BCUT2D eigenvalue weighted by Crippen LogP contribution is -2.48. The zero-order valence-corrected chi connectivity index (χ0v) is 12.8. The number of hydrogen-bond acceptors (Lipinski definition) is 2. The standard InChI is InChI=1S/C20H22O2/c1-2-20(22)14-13-19(15-18(20)21,16-9-5-3-6-10-16)17-11-7-4-8-12-17/h3-14,18,21-22H,2,15H2,1H3. The number of aliphatic hydroxyl groups is 2. The summed E-state index contributed by atoms with van der Waals surface area (Å²) in [6.07, 6.45) is 4.03. The summed E-state index contributed by atoms with van der Waals surface area (Å²) in [5.74, 6) is 0. The fourth-order valence-corrected chi connectivity index (χ4v) is 3.37. The maximum Gasteiger partial charge on any atom is 0.108 e. The van der Waals surface area contributed by atoms with Gasteiger partial charge in [0.1, 0.15) is 5.60 Å². The third-order valence-electron chi connectivity index (χ3n) is 4.89. The molecule has 114 valence electrons. The molecule has 2 aromatic rings. The zero-order chi connectivity index (χ0) is 15.6. The Kier molecular flexibility index (Phi) is 3.90. The molecule has 1 aliphatic carbocycles. The van der Waals surface area contributed by atoms with E-state index in [-0.39, 0.29) is 0 Å². The van der Waals surface area contributed by atoms with Gasteiger partial charge in [-0.3, -0.25) is 0 Å². The van der Waals surface area contributed by atoms with Crippen LogP contribution in [0.3, 0.4) is 0 Å². The monoisotopic (exact) mass is 294 g/mol. The van der Waals surface area contributed by atoms with Crippen LogP contribution in [-0.4, -0.2) is 21.9 Å². The molecule has 0 radical (unpaired) electrons. The first-order chi connectivity index (χ1) is 10.6. The Bertz CT molecular complexity index is 608. The Morgan fingerprint density at radius 3 is 1.82 bits per heavy atom. The van der Waals surface area contributed by atoms with Crippen molar-refractivity contribution < 1.29 is 10.2 Å². The van der Waals surface area contributed by atoms with Gasteiger partial charge in [0, 0.05) is 5.41 Å². The van der Waals surface area contributed by atoms with E-state index >= 15 is 0 Å². The topological polar surface area (TPSA) is 40.5 Å². The summed E-state index contributed by atoms with van der Waals surface area (Å²) in [6, 6.07) is 20.4. The molecule has 2 atom stereocenters. The van der Waals surface area contributed by atoms with Crippen molar-refractivity contribution >= 4 is 0 Å². The lowest BCUT2D eigenvalue weighted by atomic mass is 9.64. The number of allylic oxidation sites excluding steroid dienone is 1. The largest absolute Gasteiger partial charge is 0.390 e. The number of aliphatic hydroxyl groups excluding tert-OH is 1. The molecule has 2 heteroatoms. The van der Waals surface area contributed by atoms with Crippen molar-refractivity contribution in [3.05, 3.63) is 83.9 Å². The van der Waals surface area contributed by atoms with Crippen LogP contribution >= 0.6 is 0 Å². The van der Waals surface area contributed by atoms with Crippen LogP contribution in [0.5, 0.6) is 0 Å². The smallest absolute Gasteiger partial charge is 0.108 e. The minimum atomic E-state index is -1.13. The van der Waals surface area contributed by atoms with Gasteiger partial charge in [-0.25, -0.2) is 0 Å². The van der Waals surface area contributed by atoms with E-state index in [0.29, 0.717) is 12.8 Å². The predicted molar refractivity (Wildman–Crippen MR) is 88.7 cm³/mol. The predicted octanol–water partition coefficient (Wildman–Crippen LogP) is 3.43. The highest BCUT2D eigenvalue weighted by molar-refractivity contribution is 5.46. The van der Waals surface area contributed by atoms with Gasteiger partial charge in [-0.2, -0.15) is 0 Å². The average Bonchev–Trinajstić information content (AvgIpc) is 2.59. The lowest BCUT2D eigenvalue weighted by molar-refractivity contribution is -0.0572. The Balaban J connectivity index is 2.17. The van der Waals surface area contributed by atoms with Gasteiger partial charge in [0.05, 0.1) is 6.10 Å². The highest BCUT2D eigenvalue weighted by atomic mass is 16.3. The summed E-state index contributed by atoms with van der Waals surface area (Å²) in [7, 11) is 0. The average molecular weight is 294 g/mol. The third kappa shape index (κ3) is 2.39. The summed E-state index contributed by atoms with van der Waals surface area (Å²) in [6.45, 7) is 1.89. The molecule has 0 aliphatic heterocycles. The van der Waals surface area contributed by atoms with Crippen molar-refractivity contribution in [3.8, 4) is 0 Å². The van der Waals surface area contributed by atoms with E-state index in [0.717, 1.165) is 11.1 Å². The summed E-state index contributed by atoms with van der Waals surface area (Å²) in [4.78, 5) is 0. The molecule has 2 N–H and O–H groups in total. The molecule has 2 unspecified atom stereocenters. The molecule has 0 heterocycles. The van der Waals surface area contributed by atoms with Crippen LogP contribution in [0.4, 0.5) is 0 Å². The van der Waals surface area contributed by atoms with Crippen LogP contribution in [0, 0.1) is 0 Å². The minimum absolute atomic E-state index is 0.399.